The van der Waals surface area contributed by atoms with Crippen LogP contribution in [0.25, 0.3) is 11.0 Å². The number of hydrogen-bond acceptors (Lipinski definition) is 5. The third-order valence-electron chi connectivity index (χ3n) is 6.53. The van der Waals surface area contributed by atoms with E-state index in [2.05, 4.69) is 15.6 Å². The van der Waals surface area contributed by atoms with Gasteiger partial charge in [-0.2, -0.15) is 0 Å². The Morgan fingerprint density at radius 1 is 0.875 bits per heavy atom. The van der Waals surface area contributed by atoms with E-state index in [1.807, 2.05) is 24.3 Å². The van der Waals surface area contributed by atoms with Crippen molar-refractivity contribution < 1.29 is 18.8 Å². The molecule has 8 nitrogen and oxygen atoms in total. The summed E-state index contributed by atoms with van der Waals surface area (Å²) < 4.78 is 14.9. The van der Waals surface area contributed by atoms with E-state index < -0.39 is 17.9 Å². The van der Waals surface area contributed by atoms with E-state index in [1.54, 1.807) is 66.7 Å². The highest BCUT2D eigenvalue weighted by Gasteiger charge is 2.33. The number of carbonyl (C=O) groups is 3. The SMILES string of the molecule is CC(=O)c1ccc(N(C(=O)Cn2nnc3ccccc32)C(C(=O)NCc2ccc(F)cc2)c2ccccc2)cc1. The van der Waals surface area contributed by atoms with Gasteiger partial charge in [-0.1, -0.05) is 59.8 Å². The van der Waals surface area contributed by atoms with Crippen LogP contribution in [-0.4, -0.2) is 32.6 Å². The van der Waals surface area contributed by atoms with Gasteiger partial charge in [0, 0.05) is 17.8 Å². The highest BCUT2D eigenvalue weighted by atomic mass is 19.1. The van der Waals surface area contributed by atoms with Crippen LogP contribution in [0.4, 0.5) is 10.1 Å². The average Bonchev–Trinajstić information content (AvgIpc) is 3.38. The second-order valence-corrected chi connectivity index (χ2v) is 9.26. The summed E-state index contributed by atoms with van der Waals surface area (Å²) in [6.07, 6.45) is 0. The molecule has 0 saturated carbocycles. The van der Waals surface area contributed by atoms with Crippen LogP contribution in [0.2, 0.25) is 0 Å². The first-order valence-electron chi connectivity index (χ1n) is 12.7. The lowest BCUT2D eigenvalue weighted by Crippen LogP contribution is -2.45. The summed E-state index contributed by atoms with van der Waals surface area (Å²) in [6, 6.07) is 27.6. The number of fused-ring (bicyclic) bond motifs is 1. The topological polar surface area (TPSA) is 97.2 Å². The molecule has 0 aliphatic heterocycles. The van der Waals surface area contributed by atoms with Gasteiger partial charge in [-0.3, -0.25) is 19.3 Å². The first-order valence-corrected chi connectivity index (χ1v) is 12.7. The van der Waals surface area contributed by atoms with Crippen LogP contribution < -0.4 is 10.2 Å². The van der Waals surface area contributed by atoms with Crippen molar-refractivity contribution in [2.75, 3.05) is 4.90 Å². The van der Waals surface area contributed by atoms with E-state index in [-0.39, 0.29) is 24.7 Å². The third-order valence-corrected chi connectivity index (χ3v) is 6.53. The van der Waals surface area contributed by atoms with Gasteiger partial charge in [-0.05, 0) is 66.6 Å². The van der Waals surface area contributed by atoms with E-state index in [0.717, 1.165) is 0 Å². The second kappa shape index (κ2) is 11.7. The lowest BCUT2D eigenvalue weighted by Gasteiger charge is -2.31. The van der Waals surface area contributed by atoms with Gasteiger partial charge in [-0.25, -0.2) is 9.07 Å². The van der Waals surface area contributed by atoms with E-state index >= 15 is 0 Å². The van der Waals surface area contributed by atoms with Crippen molar-refractivity contribution in [3.8, 4) is 0 Å². The number of hydrogen-bond donors (Lipinski definition) is 1. The Bertz CT molecular complexity index is 1650. The van der Waals surface area contributed by atoms with Gasteiger partial charge in [0.2, 0.25) is 11.8 Å². The quantitative estimate of drug-likeness (QED) is 0.272. The van der Waals surface area contributed by atoms with Crippen LogP contribution in [0.5, 0.6) is 0 Å². The van der Waals surface area contributed by atoms with Crippen molar-refractivity contribution >= 4 is 34.3 Å². The number of ketones is 1. The molecule has 5 rings (SSSR count). The smallest absolute Gasteiger partial charge is 0.249 e. The van der Waals surface area contributed by atoms with E-state index in [1.165, 1.54) is 28.6 Å². The molecule has 0 bridgehead atoms. The summed E-state index contributed by atoms with van der Waals surface area (Å²) in [6.45, 7) is 1.43. The lowest BCUT2D eigenvalue weighted by atomic mass is 10.0. The minimum absolute atomic E-state index is 0.116. The molecule has 1 heterocycles. The molecule has 40 heavy (non-hydrogen) atoms. The Morgan fingerprint density at radius 3 is 2.25 bits per heavy atom. The van der Waals surface area contributed by atoms with Gasteiger partial charge in [0.1, 0.15) is 23.9 Å². The monoisotopic (exact) mass is 535 g/mol. The molecule has 1 aromatic heterocycles. The number of anilines is 1. The molecule has 0 aliphatic carbocycles. The van der Waals surface area contributed by atoms with Crippen LogP contribution in [0.15, 0.2) is 103 Å². The highest BCUT2D eigenvalue weighted by molar-refractivity contribution is 6.02. The zero-order chi connectivity index (χ0) is 28.1. The first kappa shape index (κ1) is 26.4. The number of aromatic nitrogens is 3. The Hall–Kier alpha value is -5.18. The van der Waals surface area contributed by atoms with Crippen molar-refractivity contribution in [2.24, 2.45) is 0 Å². The number of benzene rings is 4. The van der Waals surface area contributed by atoms with E-state index in [4.69, 9.17) is 0 Å². The largest absolute Gasteiger partial charge is 0.350 e. The molecule has 5 aromatic rings. The summed E-state index contributed by atoms with van der Waals surface area (Å²) in [5.41, 5.74) is 3.54. The molecular weight excluding hydrogens is 509 g/mol. The number of carbonyl (C=O) groups excluding carboxylic acids is 3. The average molecular weight is 536 g/mol. The molecule has 4 aromatic carbocycles. The molecule has 2 amide bonds. The fourth-order valence-electron chi connectivity index (χ4n) is 4.47. The second-order valence-electron chi connectivity index (χ2n) is 9.26. The number of halogens is 1. The summed E-state index contributed by atoms with van der Waals surface area (Å²) >= 11 is 0. The summed E-state index contributed by atoms with van der Waals surface area (Å²) in [7, 11) is 0. The maximum Gasteiger partial charge on any atom is 0.249 e. The first-order chi connectivity index (χ1) is 19.4. The number of para-hydroxylation sites is 1. The van der Waals surface area contributed by atoms with Gasteiger partial charge in [0.05, 0.1) is 5.52 Å². The number of amides is 2. The molecule has 9 heteroatoms. The number of Topliss-reactive ketones (excluding diaryl/α,β-unsaturated/α-hetero) is 1. The molecule has 1 atom stereocenters. The zero-order valence-corrected chi connectivity index (χ0v) is 21.7. The Kier molecular flexibility index (Phi) is 7.72. The van der Waals surface area contributed by atoms with Gasteiger partial charge in [0.25, 0.3) is 0 Å². The third kappa shape index (κ3) is 5.78. The molecule has 0 radical (unpaired) electrons. The number of nitrogens with zero attached hydrogens (tertiary/aromatic N) is 4. The fraction of sp³-hybridized carbons (Fsp3) is 0.129. The van der Waals surface area contributed by atoms with Crippen LogP contribution in [0.1, 0.15) is 34.5 Å². The lowest BCUT2D eigenvalue weighted by molar-refractivity contribution is -0.127. The molecule has 0 spiro atoms. The molecule has 0 aliphatic rings. The predicted molar refractivity (Wildman–Crippen MR) is 149 cm³/mol. The van der Waals surface area contributed by atoms with Crippen molar-refractivity contribution in [1.82, 2.24) is 20.3 Å². The van der Waals surface area contributed by atoms with Gasteiger partial charge in [0.15, 0.2) is 5.78 Å². The molecular formula is C31H26FN5O3. The van der Waals surface area contributed by atoms with E-state index in [9.17, 15) is 18.8 Å². The fourth-order valence-corrected chi connectivity index (χ4v) is 4.47. The molecule has 200 valence electrons. The van der Waals surface area contributed by atoms with Crippen LogP contribution in [0.3, 0.4) is 0 Å². The van der Waals surface area contributed by atoms with Crippen molar-refractivity contribution in [2.45, 2.75) is 26.1 Å². The molecule has 1 N–H and O–H groups in total. The summed E-state index contributed by atoms with van der Waals surface area (Å²) in [5, 5.41) is 11.2. The number of rotatable bonds is 9. The van der Waals surface area contributed by atoms with Crippen LogP contribution in [0, 0.1) is 5.82 Å². The Labute approximate surface area is 230 Å². The molecule has 0 fully saturated rings. The van der Waals surface area contributed by atoms with Gasteiger partial charge < -0.3 is 5.32 Å². The normalized spacial score (nSPS) is 11.7. The zero-order valence-electron chi connectivity index (χ0n) is 21.7. The van der Waals surface area contributed by atoms with Gasteiger partial charge in [-0.15, -0.1) is 5.10 Å². The van der Waals surface area contributed by atoms with Crippen molar-refractivity contribution in [3.63, 3.8) is 0 Å². The minimum atomic E-state index is -1.05. The highest BCUT2D eigenvalue weighted by Crippen LogP contribution is 2.29. The van der Waals surface area contributed by atoms with Crippen LogP contribution >= 0.6 is 0 Å². The Balaban J connectivity index is 1.54. The van der Waals surface area contributed by atoms with Crippen molar-refractivity contribution in [3.05, 3.63) is 126 Å². The molecule has 0 saturated heterocycles. The summed E-state index contributed by atoms with van der Waals surface area (Å²) in [5.74, 6) is -1.32. The predicted octanol–water partition coefficient (Wildman–Crippen LogP) is 4.86. The Morgan fingerprint density at radius 2 is 1.55 bits per heavy atom. The van der Waals surface area contributed by atoms with Crippen molar-refractivity contribution in [1.29, 1.82) is 0 Å². The standard InChI is InChI=1S/C31H26FN5O3/c1-21(38)23-13-17-26(18-14-23)37(29(39)20-36-28-10-6-5-9-27(28)34-35-36)30(24-7-3-2-4-8-24)31(40)33-19-22-11-15-25(32)16-12-22/h2-18,30H,19-20H2,1H3,(H,33,40). The van der Waals surface area contributed by atoms with E-state index in [0.29, 0.717) is 33.4 Å². The maximum absolute atomic E-state index is 14.1. The molecule has 1 unspecified atom stereocenters. The number of nitrogens with one attached hydrogen (secondary N) is 1. The minimum Gasteiger partial charge on any atom is -0.350 e. The van der Waals surface area contributed by atoms with Crippen LogP contribution in [-0.2, 0) is 22.7 Å². The summed E-state index contributed by atoms with van der Waals surface area (Å²) in [4.78, 5) is 41.2. The van der Waals surface area contributed by atoms with Gasteiger partial charge >= 0.3 is 0 Å². The maximum atomic E-state index is 14.1.